The minimum Gasteiger partial charge on any atom is -0.480 e. The van der Waals surface area contributed by atoms with Gasteiger partial charge in [0, 0.05) is 158 Å². The number of carbonyl (C=O) groups is 7. The Kier molecular flexibility index (Phi) is 28.6. The maximum atomic E-state index is 13.5. The third-order valence-corrected chi connectivity index (χ3v) is 18.0. The van der Waals surface area contributed by atoms with E-state index in [0.717, 1.165) is 32.9 Å². The van der Waals surface area contributed by atoms with Gasteiger partial charge in [0.15, 0.2) is 5.95 Å². The zero-order valence-electron chi connectivity index (χ0n) is 60.7. The SMILES string of the molecule is CC(N)(Cc1c[nH]c2cc(F)ccc12)C(=O)O.CC(N)(Cc1c[nH]c2ccc(F)cc12)C(=O)O.NC(Cc1c(F)[nH]c2ccccc12)C(=O)O.NC(Cc1c[nH]c2c(F)cccc12)C(=O)O.NC(Cc1c[nH]c2cc(F)ccc12)C(=O)O.NC(Cc1c[nH]c2ccc(F)cc12)C(=O)O.NC(Cc1c[nH]c2cccc(F)c12)C(=O)O. The number of para-hydroxylation sites is 2. The highest BCUT2D eigenvalue weighted by molar-refractivity contribution is 5.91. The molecule has 14 aromatic rings. The first-order chi connectivity index (χ1) is 53.7. The first-order valence-electron chi connectivity index (χ1n) is 34.5. The van der Waals surface area contributed by atoms with Crippen LogP contribution in [0.4, 0.5) is 30.7 Å². The molecule has 7 atom stereocenters. The van der Waals surface area contributed by atoms with Crippen molar-refractivity contribution in [1.29, 1.82) is 0 Å². The first-order valence-corrected chi connectivity index (χ1v) is 34.5. The standard InChI is InChI=1S/2C12H13FN2O2.5C11H11FN2O2/c1-12(14,11(16)17)5-7-6-15-10-3-2-8(13)4-9(7)10;1-12(14,11(16)17)5-7-6-15-10-4-8(13)2-3-9(7)10;12-7-1-2-10-8(4-7)6(5-14-10)3-9(13)11(15)16;12-7-1-2-8-6(3-9(13)11(15)16)5-14-10(8)4-7;12-7-2-1-3-9-10(7)6(5-14-9)4-8(13)11(15)16;12-8-3-1-2-7-6(5-14-10(7)8)4-9(13)11(15)16;12-10-7(5-8(13)11(15)16)6-3-1-2-4-9(6)14-10/h2*2-4,6,15H,5,14H2,1H3,(H,16,17);2*1-2,4-5,9,14H,3,13H2,(H,15,16);1-3,5,8,14H,4,13H2,(H,15,16);1-3,5,9,14H,4,13H2,(H,15,16);1-4,8,14H,5,13H2,(H,15,16). The van der Waals surface area contributed by atoms with Crippen LogP contribution >= 0.6 is 0 Å². The molecule has 7 unspecified atom stereocenters. The van der Waals surface area contributed by atoms with Crippen molar-refractivity contribution in [1.82, 2.24) is 34.9 Å². The predicted molar refractivity (Wildman–Crippen MR) is 412 cm³/mol. The molecule has 7 heterocycles. The zero-order chi connectivity index (χ0) is 83.8. The summed E-state index contributed by atoms with van der Waals surface area (Å²) in [7, 11) is 0. The number of aromatic nitrogens is 7. The fraction of sp³-hybridized carbons (Fsp3) is 0.203. The van der Waals surface area contributed by atoms with Gasteiger partial charge in [0.25, 0.3) is 0 Å². The van der Waals surface area contributed by atoms with Gasteiger partial charge >= 0.3 is 41.8 Å². The van der Waals surface area contributed by atoms with Crippen molar-refractivity contribution in [3.8, 4) is 0 Å². The molecular formula is C79H81F7N14O14. The number of hydrogen-bond acceptors (Lipinski definition) is 14. The number of carboxylic acid groups (broad SMARTS) is 7. The summed E-state index contributed by atoms with van der Waals surface area (Å²) in [6.45, 7) is 2.89. The largest absolute Gasteiger partial charge is 0.480 e. The van der Waals surface area contributed by atoms with Gasteiger partial charge in [-0.15, -0.1) is 0 Å². The van der Waals surface area contributed by atoms with Crippen LogP contribution in [0.5, 0.6) is 0 Å². The number of nitrogens with two attached hydrogens (primary N) is 7. The molecule has 0 amide bonds. The van der Waals surface area contributed by atoms with Gasteiger partial charge in [-0.3, -0.25) is 33.6 Å². The second-order valence-corrected chi connectivity index (χ2v) is 27.0. The summed E-state index contributed by atoms with van der Waals surface area (Å²) in [5, 5.41) is 66.1. The Morgan fingerprint density at radius 1 is 0.342 bits per heavy atom. The first kappa shape index (κ1) is 86.4. The van der Waals surface area contributed by atoms with E-state index in [2.05, 4.69) is 34.9 Å². The number of fused-ring (bicyclic) bond motifs is 7. The van der Waals surface area contributed by atoms with Crippen molar-refractivity contribution in [3.63, 3.8) is 0 Å². The second kappa shape index (κ2) is 37.7. The molecule has 114 heavy (non-hydrogen) atoms. The van der Waals surface area contributed by atoms with Crippen LogP contribution in [0.25, 0.3) is 76.3 Å². The Labute approximate surface area is 641 Å². The van der Waals surface area contributed by atoms with E-state index in [1.54, 1.807) is 110 Å². The number of hydrogen-bond donors (Lipinski definition) is 21. The van der Waals surface area contributed by atoms with Crippen LogP contribution in [0.3, 0.4) is 0 Å². The molecule has 600 valence electrons. The van der Waals surface area contributed by atoms with Crippen molar-refractivity contribution in [2.45, 2.75) is 100 Å². The maximum absolute atomic E-state index is 13.5. The molecule has 14 rings (SSSR count). The Balaban J connectivity index is 0.000000167. The number of H-pyrrole nitrogens is 7. The third kappa shape index (κ3) is 22.3. The zero-order valence-corrected chi connectivity index (χ0v) is 60.7. The summed E-state index contributed by atoms with van der Waals surface area (Å²) < 4.78 is 92.4. The van der Waals surface area contributed by atoms with E-state index in [0.29, 0.717) is 82.3 Å². The molecule has 35 heteroatoms. The molecular weight excluding hydrogens is 1500 g/mol. The number of halogens is 7. The predicted octanol–water partition coefficient (Wildman–Crippen LogP) is 9.61. The molecule has 7 aromatic carbocycles. The highest BCUT2D eigenvalue weighted by Crippen LogP contribution is 2.29. The molecule has 28 nitrogen and oxygen atoms in total. The van der Waals surface area contributed by atoms with Gasteiger partial charge in [-0.2, -0.15) is 4.39 Å². The molecule has 0 bridgehead atoms. The van der Waals surface area contributed by atoms with E-state index < -0.39 is 89.0 Å². The van der Waals surface area contributed by atoms with Crippen LogP contribution in [0.15, 0.2) is 171 Å². The second-order valence-electron chi connectivity index (χ2n) is 27.0. The summed E-state index contributed by atoms with van der Waals surface area (Å²) in [6.07, 6.45) is 10.8. The van der Waals surface area contributed by atoms with Gasteiger partial charge in [0.1, 0.15) is 76.2 Å². The fourth-order valence-corrected chi connectivity index (χ4v) is 11.9. The number of benzene rings is 7. The van der Waals surface area contributed by atoms with E-state index in [9.17, 15) is 64.3 Å². The van der Waals surface area contributed by atoms with E-state index in [1.165, 1.54) is 74.5 Å². The number of carboxylic acids is 7. The lowest BCUT2D eigenvalue weighted by atomic mass is 9.94. The fourth-order valence-electron chi connectivity index (χ4n) is 11.9. The molecule has 28 N–H and O–H groups in total. The van der Waals surface area contributed by atoms with Crippen molar-refractivity contribution in [2.75, 3.05) is 0 Å². The normalized spacial score (nSPS) is 13.4. The number of rotatable bonds is 21. The third-order valence-electron chi connectivity index (χ3n) is 18.0. The highest BCUT2D eigenvalue weighted by atomic mass is 19.2. The van der Waals surface area contributed by atoms with E-state index >= 15 is 0 Å². The Morgan fingerprint density at radius 3 is 1.18 bits per heavy atom. The summed E-state index contributed by atoms with van der Waals surface area (Å²) in [6, 6.07) is 28.7. The van der Waals surface area contributed by atoms with Crippen molar-refractivity contribution >= 4 is 118 Å². The molecule has 0 spiro atoms. The van der Waals surface area contributed by atoms with Crippen LogP contribution in [0, 0.1) is 40.9 Å². The number of aromatic amines is 7. The van der Waals surface area contributed by atoms with E-state index in [1.807, 2.05) is 0 Å². The van der Waals surface area contributed by atoms with E-state index in [4.69, 9.17) is 75.9 Å². The molecule has 0 aliphatic rings. The van der Waals surface area contributed by atoms with Crippen LogP contribution in [-0.4, -0.2) is 154 Å². The molecule has 0 aliphatic carbocycles. The molecule has 0 radical (unpaired) electrons. The highest BCUT2D eigenvalue weighted by Gasteiger charge is 2.31. The van der Waals surface area contributed by atoms with Crippen LogP contribution < -0.4 is 40.1 Å². The molecule has 0 aliphatic heterocycles. The average molecular weight is 1580 g/mol. The van der Waals surface area contributed by atoms with Gasteiger partial charge in [0.05, 0.1) is 5.52 Å². The van der Waals surface area contributed by atoms with Crippen molar-refractivity contribution < 1.29 is 100 Å². The average Bonchev–Trinajstić information content (AvgIpc) is 1.69. The summed E-state index contributed by atoms with van der Waals surface area (Å²) in [4.78, 5) is 94.9. The van der Waals surface area contributed by atoms with Gasteiger partial charge in [-0.1, -0.05) is 36.4 Å². The monoisotopic (exact) mass is 1580 g/mol. The molecule has 0 saturated heterocycles. The quantitative estimate of drug-likeness (QED) is 0.0297. The van der Waals surface area contributed by atoms with Gasteiger partial charge < -0.3 is 111 Å². The molecule has 0 fully saturated rings. The van der Waals surface area contributed by atoms with Crippen LogP contribution in [0.2, 0.25) is 0 Å². The summed E-state index contributed by atoms with van der Waals surface area (Å²) in [5.41, 5.74) is 44.9. The van der Waals surface area contributed by atoms with Crippen LogP contribution in [-0.2, 0) is 78.5 Å². The topological polar surface area (TPSA) is 554 Å². The smallest absolute Gasteiger partial charge is 0.323 e. The van der Waals surface area contributed by atoms with Crippen molar-refractivity contribution in [2.24, 2.45) is 40.1 Å². The van der Waals surface area contributed by atoms with E-state index in [-0.39, 0.29) is 79.8 Å². The minimum absolute atomic E-state index is 0.0226. The molecule has 0 saturated carbocycles. The lowest BCUT2D eigenvalue weighted by Gasteiger charge is -2.18. The Morgan fingerprint density at radius 2 is 0.684 bits per heavy atom. The maximum Gasteiger partial charge on any atom is 0.323 e. The summed E-state index contributed by atoms with van der Waals surface area (Å²) in [5.74, 6) is -10.1. The Bertz CT molecular complexity index is 5760. The van der Waals surface area contributed by atoms with Crippen molar-refractivity contribution in [3.05, 3.63) is 250 Å². The summed E-state index contributed by atoms with van der Waals surface area (Å²) >= 11 is 0. The minimum atomic E-state index is -1.36. The van der Waals surface area contributed by atoms with Gasteiger partial charge in [-0.25, -0.2) is 26.3 Å². The lowest BCUT2D eigenvalue weighted by Crippen LogP contribution is -2.46. The van der Waals surface area contributed by atoms with Gasteiger partial charge in [0.2, 0.25) is 0 Å². The molecule has 7 aromatic heterocycles. The lowest BCUT2D eigenvalue weighted by molar-refractivity contribution is -0.143. The number of aliphatic carboxylic acids is 7. The van der Waals surface area contributed by atoms with Crippen LogP contribution in [0.1, 0.15) is 52.8 Å². The Hall–Kier alpha value is -13.2. The van der Waals surface area contributed by atoms with Gasteiger partial charge in [-0.05, 0) is 144 Å². The number of nitrogens with one attached hydrogen (secondary N) is 7.